The second-order valence-electron chi connectivity index (χ2n) is 28.1. The highest BCUT2D eigenvalue weighted by molar-refractivity contribution is 6.01. The highest BCUT2D eigenvalue weighted by Crippen LogP contribution is 2.24. The summed E-state index contributed by atoms with van der Waals surface area (Å²) in [6.45, 7) is 15.5. The highest BCUT2D eigenvalue weighted by Gasteiger charge is 2.45. The van der Waals surface area contributed by atoms with E-state index in [0.29, 0.717) is 5.69 Å². The molecule has 0 spiro atoms. The number of nitrogens with one attached hydrogen (secondary N) is 11. The summed E-state index contributed by atoms with van der Waals surface area (Å²) in [5.41, 5.74) is 23.2. The van der Waals surface area contributed by atoms with Crippen LogP contribution in [0.1, 0.15) is 124 Å². The van der Waals surface area contributed by atoms with Crippen LogP contribution in [0.4, 0.5) is 39.5 Å². The maximum absolute atomic E-state index is 15.6. The van der Waals surface area contributed by atoms with E-state index < -0.39 is 228 Å². The molecule has 1 aliphatic rings. The average molecular weight is 1680 g/mol. The van der Waals surface area contributed by atoms with Crippen LogP contribution in [0.25, 0.3) is 0 Å². The number of aliphatic imine (C=N–C) groups is 1. The zero-order valence-corrected chi connectivity index (χ0v) is 64.7. The molecule has 48 heteroatoms. The number of amides is 12. The zero-order chi connectivity index (χ0) is 90.0. The Morgan fingerprint density at radius 3 is 1.53 bits per heavy atom. The lowest BCUT2D eigenvalue weighted by Crippen LogP contribution is -2.65. The number of hydrogen-bond acceptors (Lipinski definition) is 22. The van der Waals surface area contributed by atoms with E-state index in [2.05, 4.69) is 63.1 Å². The van der Waals surface area contributed by atoms with Crippen molar-refractivity contribution in [3.63, 3.8) is 0 Å². The van der Waals surface area contributed by atoms with Gasteiger partial charge < -0.3 is 117 Å². The topological polar surface area (TPSA) is 659 Å². The van der Waals surface area contributed by atoms with Crippen molar-refractivity contribution in [2.45, 2.75) is 218 Å². The van der Waals surface area contributed by atoms with Gasteiger partial charge in [0.1, 0.15) is 54.4 Å². The van der Waals surface area contributed by atoms with Crippen LogP contribution in [0.5, 0.6) is 0 Å². The van der Waals surface area contributed by atoms with Crippen LogP contribution in [-0.2, 0) is 78.3 Å². The van der Waals surface area contributed by atoms with Crippen LogP contribution in [0.3, 0.4) is 0 Å². The van der Waals surface area contributed by atoms with E-state index in [1.807, 2.05) is 26.1 Å². The molecule has 39 nitrogen and oxygen atoms in total. The number of carbonyl (C=O) groups excluding carboxylic acids is 12. The molecule has 2 aromatic rings. The number of aryl methyl sites for hydroxylation is 1. The predicted molar refractivity (Wildman–Crippen MR) is 387 cm³/mol. The molecule has 1 aromatic heterocycles. The molecule has 1 aliphatic heterocycles. The van der Waals surface area contributed by atoms with Gasteiger partial charge in [-0.05, 0) is 80.4 Å². The Kier molecular flexibility index (Phi) is 43.6. The number of halogens is 9. The Bertz CT molecular complexity index is 3640. The molecular weight excluding hydrogens is 1580 g/mol. The van der Waals surface area contributed by atoms with Crippen LogP contribution in [0.2, 0.25) is 0 Å². The number of benzene rings is 1. The van der Waals surface area contributed by atoms with E-state index in [1.165, 1.54) is 38.1 Å². The SMILES string of the molecule is CC[C@H](C)[C@@H]1NC(=O)[C@@H](CCCN=C(N)N)NC(=O)[C@H](CC(C)C)NC(=O)[C@H]([C@H](O)C(C)C)NC(=O)[C@@H](NC(=O)[C@H](Cc2cccc(C)n2)NC(=O)[C@H](N)CC(C)(C)C)[C@@H](c2ccccc2)NC(=O)[C@H](CO)NC(=O)[C@H]([C@H](O)C(N)=O)NC(=O)CNC(=O)[C@H]([C@H](C)O)NC1=O.O=C(O)C(F)(F)F.O=C(O)C(F)(F)F.O=C(O)C(F)(F)F. The number of aromatic nitrogens is 1. The first-order valence-electron chi connectivity index (χ1n) is 35.2. The number of nitrogens with zero attached hydrogens (tertiary/aromatic N) is 2. The summed E-state index contributed by atoms with van der Waals surface area (Å²) in [4.78, 5) is 207. The molecule has 1 saturated heterocycles. The summed E-state index contributed by atoms with van der Waals surface area (Å²) < 4.78 is 95.2. The van der Waals surface area contributed by atoms with Crippen LogP contribution in [-0.4, -0.2) is 252 Å². The molecule has 0 radical (unpaired) electrons. The van der Waals surface area contributed by atoms with E-state index in [4.69, 9.17) is 52.6 Å². The van der Waals surface area contributed by atoms with Gasteiger partial charge in [0.25, 0.3) is 0 Å². The lowest BCUT2D eigenvalue weighted by molar-refractivity contribution is -0.193. The van der Waals surface area contributed by atoms with Gasteiger partial charge in [0.05, 0.1) is 37.4 Å². The summed E-state index contributed by atoms with van der Waals surface area (Å²) in [6.07, 6.45) is -21.6. The number of alkyl halides is 9. The van der Waals surface area contributed by atoms with Gasteiger partial charge in [0, 0.05) is 24.4 Å². The molecule has 0 unspecified atom stereocenters. The monoisotopic (exact) mass is 1680 g/mol. The lowest BCUT2D eigenvalue weighted by atomic mass is 9.88. The van der Waals surface area contributed by atoms with Crippen LogP contribution < -0.4 is 81.4 Å². The number of primary amides is 1. The number of hydrogen-bond donors (Lipinski definition) is 22. The smallest absolute Gasteiger partial charge is 0.475 e. The predicted octanol–water partition coefficient (Wildman–Crippen LogP) is -3.67. The van der Waals surface area contributed by atoms with Crippen molar-refractivity contribution >= 4 is 94.8 Å². The molecule has 0 saturated carbocycles. The first-order chi connectivity index (χ1) is 53.2. The molecule has 0 aliphatic carbocycles. The number of nitrogens with two attached hydrogens (primary N) is 4. The van der Waals surface area contributed by atoms with Crippen molar-refractivity contribution in [2.75, 3.05) is 19.7 Å². The lowest BCUT2D eigenvalue weighted by Gasteiger charge is -2.34. The first-order valence-corrected chi connectivity index (χ1v) is 35.2. The van der Waals surface area contributed by atoms with E-state index in [9.17, 15) is 103 Å². The minimum Gasteiger partial charge on any atom is -0.475 e. The number of aliphatic hydroxyl groups is 4. The van der Waals surface area contributed by atoms with Crippen molar-refractivity contribution < 1.29 is 147 Å². The summed E-state index contributed by atoms with van der Waals surface area (Å²) >= 11 is 0. The Morgan fingerprint density at radius 1 is 0.595 bits per heavy atom. The number of rotatable bonds is 22. The molecule has 0 bridgehead atoms. The first kappa shape index (κ1) is 105. The standard InChI is InChI=1S/C62H99N17O16.3C2HF3O2/c1-12-31(6)42-57(92)76-43(33(8)81)56(91)68-27-41(82)74-47(49(84)50(64)85)60(95)73-40(28-80)55(90)77-44(34-19-14-13-15-20-34)45(78-54(89)39(25-35-21-16-18-32(7)69-35)71-51(86)36(63)26-62(9,10)11)58(93)79-46(48(83)30(4)5)59(94)72-38(24-29(2)3)53(88)70-37(52(87)75-42)22-17-23-67-61(65)66;3*3-2(4,5)1(6)7/h13-16,18-21,29-31,33,36-40,42-49,80-81,83-84H,12,17,22-28,63H2,1-11H3,(H2,64,85)(H,68,91)(H,70,88)(H,71,86)(H,72,94)(H,73,95)(H,74,82)(H,75,87)(H,76,92)(H,77,90)(H,78,89)(H,79,93)(H4,65,66,67);3*(H,6,7)/t31-,33-,36+,37+,38-,39-,40-,42-,43-,44+,45-,46-,47-,48+,49-;;;/m0.../s1. The summed E-state index contributed by atoms with van der Waals surface area (Å²) in [5.74, 6) is -24.9. The second-order valence-corrected chi connectivity index (χ2v) is 28.1. The number of carboxylic acid groups (broad SMARTS) is 3. The van der Waals surface area contributed by atoms with Gasteiger partial charge >= 0.3 is 36.4 Å². The third-order valence-electron chi connectivity index (χ3n) is 16.1. The van der Waals surface area contributed by atoms with Gasteiger partial charge in [0.2, 0.25) is 70.9 Å². The molecule has 1 aromatic carbocycles. The van der Waals surface area contributed by atoms with Gasteiger partial charge in [0.15, 0.2) is 12.1 Å². The molecule has 1 fully saturated rings. The van der Waals surface area contributed by atoms with Gasteiger partial charge in [-0.15, -0.1) is 0 Å². The van der Waals surface area contributed by atoms with E-state index in [-0.39, 0.29) is 62.3 Å². The van der Waals surface area contributed by atoms with Gasteiger partial charge in [-0.25, -0.2) is 14.4 Å². The average Bonchev–Trinajstić information content (AvgIpc) is 0.799. The van der Waals surface area contributed by atoms with Gasteiger partial charge in [-0.3, -0.25) is 67.5 Å². The molecule has 15 atom stereocenters. The third kappa shape index (κ3) is 38.8. The number of aliphatic carboxylic acids is 3. The van der Waals surface area contributed by atoms with Crippen LogP contribution in [0, 0.1) is 30.1 Å². The van der Waals surface area contributed by atoms with Crippen molar-refractivity contribution in [1.82, 2.24) is 63.5 Å². The molecule has 3 rings (SSSR count). The van der Waals surface area contributed by atoms with Crippen molar-refractivity contribution in [2.24, 2.45) is 51.1 Å². The minimum absolute atomic E-state index is 0.0114. The fraction of sp³-hybridized carbons (Fsp3) is 0.603. The van der Waals surface area contributed by atoms with Crippen LogP contribution >= 0.6 is 0 Å². The van der Waals surface area contributed by atoms with Crippen LogP contribution in [0.15, 0.2) is 53.5 Å². The zero-order valence-electron chi connectivity index (χ0n) is 64.7. The van der Waals surface area contributed by atoms with E-state index >= 15 is 14.4 Å². The number of pyridine rings is 1. The summed E-state index contributed by atoms with van der Waals surface area (Å²) in [6, 6.07) is -7.64. The maximum Gasteiger partial charge on any atom is 0.490 e. The summed E-state index contributed by atoms with van der Waals surface area (Å²) in [5, 5.41) is 92.6. The Hall–Kier alpha value is -11.1. The normalized spacial score (nSPS) is 21.8. The van der Waals surface area contributed by atoms with E-state index in [1.54, 1.807) is 58.9 Å². The molecule has 12 amide bonds. The van der Waals surface area contributed by atoms with Crippen molar-refractivity contribution in [3.8, 4) is 0 Å². The minimum atomic E-state index is -5.08. The fourth-order valence-corrected chi connectivity index (χ4v) is 9.95. The number of aliphatic hydroxyl groups excluding tert-OH is 4. The molecular formula is C68H102F9N17O22. The molecule has 654 valence electrons. The number of carboxylic acids is 3. The summed E-state index contributed by atoms with van der Waals surface area (Å²) in [7, 11) is 0. The largest absolute Gasteiger partial charge is 0.490 e. The molecule has 116 heavy (non-hydrogen) atoms. The second kappa shape index (κ2) is 48.3. The Balaban J connectivity index is 0.00000550. The number of carbonyl (C=O) groups is 15. The third-order valence-corrected chi connectivity index (χ3v) is 16.1. The molecule has 2 heterocycles. The van der Waals surface area contributed by atoms with Crippen molar-refractivity contribution in [1.29, 1.82) is 0 Å². The van der Waals surface area contributed by atoms with Crippen molar-refractivity contribution in [3.05, 3.63) is 65.5 Å². The van der Waals surface area contributed by atoms with E-state index in [0.717, 1.165) is 6.92 Å². The highest BCUT2D eigenvalue weighted by atomic mass is 19.4. The van der Waals surface area contributed by atoms with Gasteiger partial charge in [-0.2, -0.15) is 39.5 Å². The maximum atomic E-state index is 15.6. The Morgan fingerprint density at radius 2 is 1.07 bits per heavy atom. The number of guanidine groups is 1. The van der Waals surface area contributed by atoms with Gasteiger partial charge in [-0.1, -0.05) is 105 Å². The fourth-order valence-electron chi connectivity index (χ4n) is 9.95. The quantitative estimate of drug-likeness (QED) is 0.0234. The molecule has 26 N–H and O–H groups in total. The Labute approximate surface area is 657 Å².